The van der Waals surface area contributed by atoms with E-state index in [1.54, 1.807) is 32.0 Å². The van der Waals surface area contributed by atoms with Crippen LogP contribution in [-0.4, -0.2) is 45.9 Å². The number of nitrogens with zero attached hydrogens (tertiary/aromatic N) is 3. The fraction of sp³-hybridized carbons (Fsp3) is 0.310. The molecule has 0 atom stereocenters. The molecular weight excluding hydrogens is 618 g/mol. The maximum atomic E-state index is 14.0. The highest BCUT2D eigenvalue weighted by atomic mass is 31.2. The lowest BCUT2D eigenvalue weighted by atomic mass is 10.1. The number of hydrogen-bond donors (Lipinski definition) is 3. The van der Waals surface area contributed by atoms with Crippen molar-refractivity contribution in [1.82, 2.24) is 14.5 Å². The Labute approximate surface area is 255 Å². The molecule has 3 N–H and O–H groups in total. The Morgan fingerprint density at radius 1 is 1.09 bits per heavy atom. The van der Waals surface area contributed by atoms with Crippen molar-refractivity contribution < 1.29 is 41.4 Å². The van der Waals surface area contributed by atoms with Crippen LogP contribution in [-0.2, 0) is 37.3 Å². The number of methoxy groups -OCH3 is 1. The molecule has 4 aromatic rings. The first kappa shape index (κ1) is 33.4. The van der Waals surface area contributed by atoms with Crippen molar-refractivity contribution in [1.29, 1.82) is 0 Å². The second-order valence-electron chi connectivity index (χ2n) is 9.71. The maximum absolute atomic E-state index is 14.0. The molecule has 4 rings (SSSR count). The summed E-state index contributed by atoms with van der Waals surface area (Å²) in [6.07, 6.45) is -2.92. The largest absolute Gasteiger partial charge is 0.495 e. The number of aliphatic carboxylic acids is 1. The summed E-state index contributed by atoms with van der Waals surface area (Å²) in [7, 11) is -2.03. The van der Waals surface area contributed by atoms with E-state index in [1.165, 1.54) is 43.0 Å². The number of carboxylic acids is 1. The molecule has 0 bridgehead atoms. The molecule has 0 fully saturated rings. The molecule has 0 saturated carbocycles. The third-order valence-corrected chi connectivity index (χ3v) is 8.54. The second kappa shape index (κ2) is 13.7. The first-order valence-corrected chi connectivity index (χ1v) is 15.4. The zero-order chi connectivity index (χ0) is 32.9. The zero-order valence-corrected chi connectivity index (χ0v) is 25.7. The third-order valence-electron chi connectivity index (χ3n) is 6.48. The van der Waals surface area contributed by atoms with Crippen molar-refractivity contribution in [3.05, 3.63) is 75.7 Å². The van der Waals surface area contributed by atoms with Gasteiger partial charge in [-0.2, -0.15) is 18.2 Å². The van der Waals surface area contributed by atoms with Crippen LogP contribution >= 0.6 is 7.60 Å². The number of ether oxygens (including phenoxy) is 1. The minimum Gasteiger partial charge on any atom is -0.495 e. The molecule has 45 heavy (non-hydrogen) atoms. The highest BCUT2D eigenvalue weighted by Crippen LogP contribution is 2.51. The summed E-state index contributed by atoms with van der Waals surface area (Å²) in [4.78, 5) is 32.4. The van der Waals surface area contributed by atoms with E-state index in [0.717, 1.165) is 0 Å². The molecule has 240 valence electrons. The Balaban J connectivity index is 1.74. The predicted octanol–water partition coefficient (Wildman–Crippen LogP) is 6.47. The van der Waals surface area contributed by atoms with Crippen LogP contribution in [0.1, 0.15) is 30.5 Å². The Bertz CT molecular complexity index is 1820. The number of halogens is 3. The first-order chi connectivity index (χ1) is 21.3. The minimum atomic E-state index is -4.86. The summed E-state index contributed by atoms with van der Waals surface area (Å²) in [6, 6.07) is 9.14. The summed E-state index contributed by atoms with van der Waals surface area (Å²) in [6.45, 7) is 4.78. The lowest BCUT2D eigenvalue weighted by molar-refractivity contribution is -0.138. The molecule has 0 aliphatic rings. The monoisotopic (exact) mass is 649 g/mol. The number of anilines is 4. The fourth-order valence-electron chi connectivity index (χ4n) is 4.63. The summed E-state index contributed by atoms with van der Waals surface area (Å²) in [5.41, 5.74) is -0.418. The smallest absolute Gasteiger partial charge is 0.421 e. The Morgan fingerprint density at radius 3 is 2.42 bits per heavy atom. The standard InChI is InChI=1S/C29H31F3N5O7P/c1-5-43-45(41,44-6-2)16-18-10-11-20(23(12-18)42-4)35-28-33-13-19(29(30,31)32)27(36-28)34-21-8-7-9-22-25(21)26(40)17(3)14-37(22)15-24(38)39/h7-14H,5-6,15-16H2,1-4H3,(H,38,39)(H2,33,34,35,36). The highest BCUT2D eigenvalue weighted by molar-refractivity contribution is 7.53. The first-order valence-electron chi connectivity index (χ1n) is 13.7. The van der Waals surface area contributed by atoms with Gasteiger partial charge in [0.05, 0.1) is 48.8 Å². The van der Waals surface area contributed by atoms with Gasteiger partial charge in [-0.15, -0.1) is 0 Å². The Morgan fingerprint density at radius 2 is 1.80 bits per heavy atom. The topological polar surface area (TPSA) is 154 Å². The van der Waals surface area contributed by atoms with E-state index in [-0.39, 0.29) is 53.2 Å². The van der Waals surface area contributed by atoms with Crippen molar-refractivity contribution in [3.8, 4) is 5.75 Å². The van der Waals surface area contributed by atoms with Crippen LogP contribution < -0.4 is 20.8 Å². The zero-order valence-electron chi connectivity index (χ0n) is 24.8. The lowest BCUT2D eigenvalue weighted by Gasteiger charge is -2.19. The molecule has 16 heteroatoms. The average molecular weight is 650 g/mol. The minimum absolute atomic E-state index is 0.00588. The molecule has 0 unspecified atom stereocenters. The van der Waals surface area contributed by atoms with Crippen LogP contribution in [0.15, 0.2) is 53.6 Å². The summed E-state index contributed by atoms with van der Waals surface area (Å²) >= 11 is 0. The number of aryl methyl sites for hydroxylation is 1. The lowest BCUT2D eigenvalue weighted by Crippen LogP contribution is -2.18. The van der Waals surface area contributed by atoms with Crippen molar-refractivity contribution in [3.63, 3.8) is 0 Å². The van der Waals surface area contributed by atoms with E-state index in [2.05, 4.69) is 20.6 Å². The number of carbonyl (C=O) groups is 1. The predicted molar refractivity (Wildman–Crippen MR) is 162 cm³/mol. The molecule has 0 aliphatic heterocycles. The van der Waals surface area contributed by atoms with E-state index in [0.29, 0.717) is 17.4 Å². The van der Waals surface area contributed by atoms with Gasteiger partial charge in [0, 0.05) is 18.0 Å². The molecule has 2 aromatic carbocycles. The summed E-state index contributed by atoms with van der Waals surface area (Å²) in [5.74, 6) is -1.79. The van der Waals surface area contributed by atoms with E-state index in [4.69, 9.17) is 13.8 Å². The molecule has 2 aromatic heterocycles. The Hall–Kier alpha value is -4.46. The van der Waals surface area contributed by atoms with Crippen molar-refractivity contribution >= 4 is 47.6 Å². The molecule has 12 nitrogen and oxygen atoms in total. The number of pyridine rings is 1. The van der Waals surface area contributed by atoms with Gasteiger partial charge in [-0.05, 0) is 50.6 Å². The molecule has 0 amide bonds. The number of fused-ring (bicyclic) bond motifs is 1. The van der Waals surface area contributed by atoms with E-state index in [9.17, 15) is 32.4 Å². The number of benzene rings is 2. The van der Waals surface area contributed by atoms with Gasteiger partial charge in [0.1, 0.15) is 23.7 Å². The number of carboxylic acid groups (broad SMARTS) is 1. The van der Waals surface area contributed by atoms with Gasteiger partial charge in [0.2, 0.25) is 5.95 Å². The van der Waals surface area contributed by atoms with Crippen molar-refractivity contribution in [2.24, 2.45) is 0 Å². The van der Waals surface area contributed by atoms with Crippen LogP contribution in [0.3, 0.4) is 0 Å². The second-order valence-corrected chi connectivity index (χ2v) is 11.8. The van der Waals surface area contributed by atoms with Crippen LogP contribution in [0, 0.1) is 6.92 Å². The summed E-state index contributed by atoms with van der Waals surface area (Å²) < 4.78 is 72.6. The van der Waals surface area contributed by atoms with Gasteiger partial charge in [0.25, 0.3) is 0 Å². The van der Waals surface area contributed by atoms with Crippen LogP contribution in [0.5, 0.6) is 5.75 Å². The summed E-state index contributed by atoms with van der Waals surface area (Å²) in [5, 5.41) is 14.8. The fourth-order valence-corrected chi connectivity index (χ4v) is 6.32. The molecule has 0 saturated heterocycles. The van der Waals surface area contributed by atoms with E-state index < -0.39 is 43.1 Å². The number of nitrogens with one attached hydrogen (secondary N) is 2. The van der Waals surface area contributed by atoms with Gasteiger partial charge in [-0.25, -0.2) is 4.98 Å². The third kappa shape index (κ3) is 7.80. The number of hydrogen-bond acceptors (Lipinski definition) is 10. The van der Waals surface area contributed by atoms with Crippen molar-refractivity contribution in [2.75, 3.05) is 31.0 Å². The van der Waals surface area contributed by atoms with Gasteiger partial charge in [-0.3, -0.25) is 14.2 Å². The van der Waals surface area contributed by atoms with Gasteiger partial charge in [0.15, 0.2) is 5.43 Å². The van der Waals surface area contributed by atoms with E-state index >= 15 is 0 Å². The molecule has 0 spiro atoms. The van der Waals surface area contributed by atoms with Crippen LogP contribution in [0.4, 0.5) is 36.3 Å². The van der Waals surface area contributed by atoms with Gasteiger partial charge >= 0.3 is 19.7 Å². The molecule has 0 radical (unpaired) electrons. The normalized spacial score (nSPS) is 11.9. The Kier molecular flexibility index (Phi) is 10.2. The molecule has 0 aliphatic carbocycles. The van der Waals surface area contributed by atoms with Crippen LogP contribution in [0.2, 0.25) is 0 Å². The SMILES string of the molecule is CCOP(=O)(Cc1ccc(Nc2ncc(C(F)(F)F)c(Nc3cccc4c3c(=O)c(C)cn4CC(=O)O)n2)c(OC)c1)OCC. The van der Waals surface area contributed by atoms with Gasteiger partial charge < -0.3 is 34.1 Å². The van der Waals surface area contributed by atoms with Gasteiger partial charge in [-0.1, -0.05) is 12.1 Å². The quantitative estimate of drug-likeness (QED) is 0.137. The van der Waals surface area contributed by atoms with Crippen LogP contribution in [0.25, 0.3) is 10.9 Å². The van der Waals surface area contributed by atoms with Crippen molar-refractivity contribution in [2.45, 2.75) is 39.7 Å². The van der Waals surface area contributed by atoms with E-state index in [1.807, 2.05) is 0 Å². The highest BCUT2D eigenvalue weighted by Gasteiger charge is 2.36. The molecular formula is C29H31F3N5O7P. The molecule has 2 heterocycles. The number of aromatic nitrogens is 3. The number of alkyl halides is 3. The maximum Gasteiger partial charge on any atom is 0.421 e. The number of rotatable bonds is 13. The average Bonchev–Trinajstić information content (AvgIpc) is 2.96.